The number of carboxylic acids is 1. The topological polar surface area (TPSA) is 66.0 Å². The number of carbonyl (C=O) groups is 1. The molecular formula is C13H12N2O2. The summed E-state index contributed by atoms with van der Waals surface area (Å²) in [6, 6.07) is 8.19. The van der Waals surface area contributed by atoms with Gasteiger partial charge in [0.15, 0.2) is 0 Å². The fraction of sp³-hybridized carbons (Fsp3) is 0.231. The first kappa shape index (κ1) is 10.1. The molecule has 4 nitrogen and oxygen atoms in total. The molecule has 1 aliphatic carbocycles. The number of aromatic nitrogens is 2. The van der Waals surface area contributed by atoms with Gasteiger partial charge in [-0.2, -0.15) is 5.10 Å². The van der Waals surface area contributed by atoms with Gasteiger partial charge in [0.25, 0.3) is 0 Å². The highest BCUT2D eigenvalue weighted by molar-refractivity contribution is 5.89. The average Bonchev–Trinajstić information content (AvgIpc) is 2.94. The lowest BCUT2D eigenvalue weighted by molar-refractivity contribution is 0.0695. The van der Waals surface area contributed by atoms with Gasteiger partial charge < -0.3 is 5.11 Å². The van der Waals surface area contributed by atoms with E-state index in [0.717, 1.165) is 18.5 Å². The number of hydrogen-bond acceptors (Lipinski definition) is 2. The summed E-state index contributed by atoms with van der Waals surface area (Å²) in [6.07, 6.45) is 3.33. The predicted octanol–water partition coefficient (Wildman–Crippen LogP) is 2.19. The van der Waals surface area contributed by atoms with E-state index >= 15 is 0 Å². The monoisotopic (exact) mass is 228 g/mol. The Balaban J connectivity index is 2.07. The van der Waals surface area contributed by atoms with E-state index in [1.54, 1.807) is 0 Å². The van der Waals surface area contributed by atoms with Crippen LogP contribution >= 0.6 is 0 Å². The maximum atomic E-state index is 11.1. The van der Waals surface area contributed by atoms with Gasteiger partial charge in [-0.1, -0.05) is 24.3 Å². The van der Waals surface area contributed by atoms with Gasteiger partial charge in [-0.05, 0) is 24.0 Å². The number of nitrogens with zero attached hydrogens (tertiary/aromatic N) is 1. The molecule has 1 unspecified atom stereocenters. The second kappa shape index (κ2) is 3.73. The van der Waals surface area contributed by atoms with Crippen LogP contribution in [0.1, 0.15) is 39.5 Å². The van der Waals surface area contributed by atoms with Crippen molar-refractivity contribution in [2.45, 2.75) is 18.8 Å². The van der Waals surface area contributed by atoms with Crippen LogP contribution in [0.4, 0.5) is 0 Å². The molecule has 0 aliphatic heterocycles. The molecule has 2 N–H and O–H groups in total. The molecule has 4 heteroatoms. The van der Waals surface area contributed by atoms with E-state index in [4.69, 9.17) is 5.11 Å². The van der Waals surface area contributed by atoms with E-state index in [0.29, 0.717) is 0 Å². The lowest BCUT2D eigenvalue weighted by Crippen LogP contribution is -2.05. The summed E-state index contributed by atoms with van der Waals surface area (Å²) in [5.74, 6) is -0.780. The Kier molecular flexibility index (Phi) is 2.21. The molecule has 1 aromatic carbocycles. The van der Waals surface area contributed by atoms with E-state index in [2.05, 4.69) is 22.3 Å². The van der Waals surface area contributed by atoms with Crippen LogP contribution in [0.15, 0.2) is 30.5 Å². The van der Waals surface area contributed by atoms with Gasteiger partial charge in [0, 0.05) is 5.92 Å². The number of benzene rings is 1. The molecule has 0 radical (unpaired) electrons. The summed E-state index contributed by atoms with van der Waals surface area (Å²) in [5.41, 5.74) is 3.54. The molecule has 1 aliphatic rings. The van der Waals surface area contributed by atoms with Gasteiger partial charge >= 0.3 is 5.97 Å². The van der Waals surface area contributed by atoms with Crippen molar-refractivity contribution in [3.05, 3.63) is 52.8 Å². The van der Waals surface area contributed by atoms with E-state index in [1.807, 2.05) is 12.1 Å². The largest absolute Gasteiger partial charge is 0.478 e. The molecule has 3 rings (SSSR count). The number of aryl methyl sites for hydroxylation is 1. The fourth-order valence-corrected chi connectivity index (χ4v) is 2.59. The third-order valence-corrected chi connectivity index (χ3v) is 3.38. The minimum Gasteiger partial charge on any atom is -0.478 e. The molecule has 0 amide bonds. The van der Waals surface area contributed by atoms with Crippen molar-refractivity contribution in [2.24, 2.45) is 0 Å². The number of rotatable bonds is 2. The molecule has 0 saturated carbocycles. The third-order valence-electron chi connectivity index (χ3n) is 3.38. The predicted molar refractivity (Wildman–Crippen MR) is 62.2 cm³/mol. The maximum Gasteiger partial charge on any atom is 0.339 e. The molecule has 0 spiro atoms. The molecule has 1 atom stereocenters. The summed E-state index contributed by atoms with van der Waals surface area (Å²) in [7, 11) is 0. The van der Waals surface area contributed by atoms with Gasteiger partial charge in [-0.15, -0.1) is 0 Å². The van der Waals surface area contributed by atoms with E-state index in [9.17, 15) is 4.79 Å². The van der Waals surface area contributed by atoms with Crippen LogP contribution in [0, 0.1) is 0 Å². The highest BCUT2D eigenvalue weighted by Gasteiger charge is 2.28. The molecule has 0 saturated heterocycles. The Labute approximate surface area is 98.3 Å². The lowest BCUT2D eigenvalue weighted by Gasteiger charge is -2.10. The molecule has 0 bridgehead atoms. The van der Waals surface area contributed by atoms with Crippen molar-refractivity contribution in [2.75, 3.05) is 0 Å². The number of nitrogens with one attached hydrogen (secondary N) is 1. The van der Waals surface area contributed by atoms with Crippen LogP contribution < -0.4 is 0 Å². The van der Waals surface area contributed by atoms with Gasteiger partial charge in [0.2, 0.25) is 0 Å². The van der Waals surface area contributed by atoms with E-state index in [1.165, 1.54) is 17.3 Å². The Hall–Kier alpha value is -2.10. The van der Waals surface area contributed by atoms with Gasteiger partial charge in [0.05, 0.1) is 11.9 Å². The zero-order valence-electron chi connectivity index (χ0n) is 9.18. The van der Waals surface area contributed by atoms with Crippen molar-refractivity contribution >= 4 is 5.97 Å². The van der Waals surface area contributed by atoms with Crippen LogP contribution in [-0.4, -0.2) is 21.3 Å². The van der Waals surface area contributed by atoms with Crippen LogP contribution in [0.2, 0.25) is 0 Å². The fourth-order valence-electron chi connectivity index (χ4n) is 2.59. The summed E-state index contributed by atoms with van der Waals surface area (Å²) in [4.78, 5) is 11.1. The van der Waals surface area contributed by atoms with Crippen molar-refractivity contribution in [3.8, 4) is 0 Å². The van der Waals surface area contributed by atoms with Crippen LogP contribution in [-0.2, 0) is 6.42 Å². The molecule has 2 aromatic rings. The second-order valence-corrected chi connectivity index (χ2v) is 4.29. The van der Waals surface area contributed by atoms with Crippen molar-refractivity contribution in [1.82, 2.24) is 10.2 Å². The summed E-state index contributed by atoms with van der Waals surface area (Å²) in [6.45, 7) is 0. The van der Waals surface area contributed by atoms with Crippen LogP contribution in [0.5, 0.6) is 0 Å². The first-order valence-electron chi connectivity index (χ1n) is 5.61. The Morgan fingerprint density at radius 1 is 1.41 bits per heavy atom. The standard InChI is InChI=1S/C13H12N2O2/c16-13(17)11-7-14-15-12(11)10-6-5-8-3-1-2-4-9(8)10/h1-4,7,10H,5-6H2,(H,14,15)(H,16,17). The number of aromatic amines is 1. The second-order valence-electron chi connectivity index (χ2n) is 4.29. The van der Waals surface area contributed by atoms with Gasteiger partial charge in [-0.25, -0.2) is 4.79 Å². The van der Waals surface area contributed by atoms with Crippen LogP contribution in [0.25, 0.3) is 0 Å². The van der Waals surface area contributed by atoms with Gasteiger partial charge in [-0.3, -0.25) is 5.10 Å². The normalized spacial score (nSPS) is 18.0. The van der Waals surface area contributed by atoms with Crippen molar-refractivity contribution in [1.29, 1.82) is 0 Å². The minimum absolute atomic E-state index is 0.139. The third kappa shape index (κ3) is 1.53. The quantitative estimate of drug-likeness (QED) is 0.828. The number of fused-ring (bicyclic) bond motifs is 1. The summed E-state index contributed by atoms with van der Waals surface area (Å²) >= 11 is 0. The summed E-state index contributed by atoms with van der Waals surface area (Å²) < 4.78 is 0. The molecular weight excluding hydrogens is 216 g/mol. The number of hydrogen-bond donors (Lipinski definition) is 2. The van der Waals surface area contributed by atoms with E-state index < -0.39 is 5.97 Å². The highest BCUT2D eigenvalue weighted by atomic mass is 16.4. The lowest BCUT2D eigenvalue weighted by atomic mass is 9.95. The zero-order chi connectivity index (χ0) is 11.8. The maximum absolute atomic E-state index is 11.1. The molecule has 1 heterocycles. The van der Waals surface area contributed by atoms with Gasteiger partial charge in [0.1, 0.15) is 5.56 Å². The number of aromatic carboxylic acids is 1. The molecule has 1 aromatic heterocycles. The Bertz CT molecular complexity index is 574. The average molecular weight is 228 g/mol. The SMILES string of the molecule is O=C(O)c1cn[nH]c1C1CCc2ccccc21. The minimum atomic E-state index is -0.918. The first-order chi connectivity index (χ1) is 8.27. The summed E-state index contributed by atoms with van der Waals surface area (Å²) in [5, 5.41) is 15.8. The zero-order valence-corrected chi connectivity index (χ0v) is 9.18. The van der Waals surface area contributed by atoms with Crippen LogP contribution in [0.3, 0.4) is 0 Å². The van der Waals surface area contributed by atoms with Crippen molar-refractivity contribution in [3.63, 3.8) is 0 Å². The Morgan fingerprint density at radius 3 is 3.06 bits per heavy atom. The molecule has 17 heavy (non-hydrogen) atoms. The van der Waals surface area contributed by atoms with Crippen molar-refractivity contribution < 1.29 is 9.90 Å². The first-order valence-corrected chi connectivity index (χ1v) is 5.61. The number of carboxylic acid groups (broad SMARTS) is 1. The molecule has 0 fully saturated rings. The highest BCUT2D eigenvalue weighted by Crippen LogP contribution is 2.38. The molecule has 86 valence electrons. The smallest absolute Gasteiger partial charge is 0.339 e. The Morgan fingerprint density at radius 2 is 2.24 bits per heavy atom. The van der Waals surface area contributed by atoms with E-state index in [-0.39, 0.29) is 11.5 Å². The number of H-pyrrole nitrogens is 1.